The van der Waals surface area contributed by atoms with E-state index < -0.39 is 0 Å². The van der Waals surface area contributed by atoms with E-state index in [1.165, 1.54) is 0 Å². The van der Waals surface area contributed by atoms with Crippen molar-refractivity contribution in [3.05, 3.63) is 36.7 Å². The minimum Gasteiger partial charge on any atom is -0.508 e. The smallest absolute Gasteiger partial charge is 0.421 e. The molecule has 0 aliphatic rings. The van der Waals surface area contributed by atoms with Gasteiger partial charge in [0.1, 0.15) is 11.4 Å². The first-order valence-electron chi connectivity index (χ1n) is 7.16. The van der Waals surface area contributed by atoms with E-state index in [9.17, 15) is 5.11 Å². The summed E-state index contributed by atoms with van der Waals surface area (Å²) < 4.78 is 4.22. The Morgan fingerprint density at radius 2 is 1.77 bits per heavy atom. The number of hydrogen-bond donors (Lipinski definition) is 1. The number of phenols is 1. The Morgan fingerprint density at radius 1 is 1.05 bits per heavy atom. The normalized spacial score (nSPS) is 11.4. The molecule has 5 nitrogen and oxygen atoms in total. The second kappa shape index (κ2) is 9.05. The van der Waals surface area contributed by atoms with Gasteiger partial charge in [-0.2, -0.15) is 0 Å². The summed E-state index contributed by atoms with van der Waals surface area (Å²) in [5, 5.41) is 19.9. The maximum Gasteiger partial charge on any atom is 0.421 e. The number of benzene rings is 1. The van der Waals surface area contributed by atoms with Gasteiger partial charge in [0.15, 0.2) is 0 Å². The third-order valence-electron chi connectivity index (χ3n) is 3.11. The van der Waals surface area contributed by atoms with Crippen molar-refractivity contribution >= 4 is 43.5 Å². The van der Waals surface area contributed by atoms with E-state index in [-0.39, 0.29) is 5.75 Å². The van der Waals surface area contributed by atoms with Crippen molar-refractivity contribution in [3.8, 4) is 5.75 Å². The summed E-state index contributed by atoms with van der Waals surface area (Å²) in [7, 11) is 0. The van der Waals surface area contributed by atoms with Crippen LogP contribution in [0.25, 0.3) is 0 Å². The fourth-order valence-corrected chi connectivity index (χ4v) is 2.51. The Bertz CT molecular complexity index is 585. The minimum absolute atomic E-state index is 0.229. The van der Waals surface area contributed by atoms with Crippen LogP contribution in [0.1, 0.15) is 12.8 Å². The van der Waals surface area contributed by atoms with Gasteiger partial charge in [-0.25, -0.2) is 9.13 Å². The van der Waals surface area contributed by atoms with Crippen LogP contribution < -0.4 is 4.57 Å². The third-order valence-corrected chi connectivity index (χ3v) is 4.23. The van der Waals surface area contributed by atoms with Crippen molar-refractivity contribution in [1.82, 2.24) is 4.57 Å². The first kappa shape index (κ1) is 17.1. The molecule has 1 heterocycles. The number of hydrogen-bond acceptors (Lipinski definition) is 3. The van der Waals surface area contributed by atoms with E-state index in [0.29, 0.717) is 0 Å². The number of azo groups is 1. The number of halogens is 2. The lowest BCUT2D eigenvalue weighted by molar-refractivity contribution is -0.683. The molecule has 2 aromatic rings. The zero-order valence-corrected chi connectivity index (χ0v) is 15.4. The van der Waals surface area contributed by atoms with Gasteiger partial charge in [0, 0.05) is 15.8 Å². The topological polar surface area (TPSA) is 53.8 Å². The molecule has 22 heavy (non-hydrogen) atoms. The van der Waals surface area contributed by atoms with Crippen LogP contribution >= 0.6 is 31.9 Å². The van der Waals surface area contributed by atoms with Crippen molar-refractivity contribution in [2.45, 2.75) is 25.9 Å². The van der Waals surface area contributed by atoms with E-state index in [1.54, 1.807) is 24.3 Å². The van der Waals surface area contributed by atoms with Gasteiger partial charge < -0.3 is 5.11 Å². The first-order chi connectivity index (χ1) is 10.7. The standard InChI is InChI=1S/C15H18Br2N4O/c16-7-1-9-20-11-12-21(10-2-8-17)15(20)19-18-13-3-5-14(22)6-4-13/h3-6,11-12H,1-2,7-10H2/p+1. The largest absolute Gasteiger partial charge is 0.508 e. The molecule has 0 spiro atoms. The number of alkyl halides is 2. The summed E-state index contributed by atoms with van der Waals surface area (Å²) >= 11 is 6.92. The Kier molecular flexibility index (Phi) is 7.05. The Hall–Kier alpha value is -1.21. The van der Waals surface area contributed by atoms with Crippen LogP contribution in [0.2, 0.25) is 0 Å². The lowest BCUT2D eigenvalue weighted by Crippen LogP contribution is -2.32. The van der Waals surface area contributed by atoms with Crippen LogP contribution in [0.3, 0.4) is 0 Å². The lowest BCUT2D eigenvalue weighted by atomic mass is 10.3. The number of aromatic nitrogens is 2. The van der Waals surface area contributed by atoms with Gasteiger partial charge >= 0.3 is 5.95 Å². The van der Waals surface area contributed by atoms with Crippen LogP contribution in [0.4, 0.5) is 11.6 Å². The molecule has 0 aliphatic carbocycles. The third kappa shape index (κ3) is 4.91. The molecule has 0 bridgehead atoms. The Labute approximate surface area is 147 Å². The summed E-state index contributed by atoms with van der Waals surface area (Å²) in [5.41, 5.74) is 0.720. The molecule has 0 fully saturated rings. The molecule has 7 heteroatoms. The summed E-state index contributed by atoms with van der Waals surface area (Å²) in [6.45, 7) is 1.80. The monoisotopic (exact) mass is 429 g/mol. The van der Waals surface area contributed by atoms with E-state index >= 15 is 0 Å². The van der Waals surface area contributed by atoms with E-state index in [2.05, 4.69) is 51.2 Å². The predicted molar refractivity (Wildman–Crippen MR) is 93.7 cm³/mol. The van der Waals surface area contributed by atoms with E-state index in [0.717, 1.165) is 48.2 Å². The molecule has 0 atom stereocenters. The highest BCUT2D eigenvalue weighted by atomic mass is 79.9. The number of phenolic OH excluding ortho intramolecular Hbond substituents is 1. The molecule has 1 aromatic heterocycles. The average molecular weight is 431 g/mol. The highest BCUT2D eigenvalue weighted by Gasteiger charge is 2.16. The fourth-order valence-electron chi connectivity index (χ4n) is 2.01. The molecule has 0 amide bonds. The molecule has 0 aliphatic heterocycles. The molecule has 0 saturated heterocycles. The van der Waals surface area contributed by atoms with Crippen LogP contribution in [0.15, 0.2) is 46.9 Å². The number of rotatable bonds is 8. The van der Waals surface area contributed by atoms with Crippen molar-refractivity contribution < 1.29 is 9.67 Å². The maximum atomic E-state index is 9.30. The number of aryl methyl sites for hydroxylation is 2. The van der Waals surface area contributed by atoms with Crippen molar-refractivity contribution in [1.29, 1.82) is 0 Å². The molecule has 0 radical (unpaired) electrons. The van der Waals surface area contributed by atoms with Gasteiger partial charge in [-0.3, -0.25) is 0 Å². The van der Waals surface area contributed by atoms with E-state index in [1.807, 2.05) is 12.4 Å². The second-order valence-electron chi connectivity index (χ2n) is 4.79. The average Bonchev–Trinajstić information content (AvgIpc) is 2.92. The molecule has 0 unspecified atom stereocenters. The number of nitrogens with zero attached hydrogens (tertiary/aromatic N) is 4. The van der Waals surface area contributed by atoms with Crippen LogP contribution in [0, 0.1) is 0 Å². The highest BCUT2D eigenvalue weighted by Crippen LogP contribution is 2.19. The molecule has 1 aromatic carbocycles. The summed E-state index contributed by atoms with van der Waals surface area (Å²) in [6.07, 6.45) is 6.16. The van der Waals surface area contributed by atoms with Crippen molar-refractivity contribution in [2.75, 3.05) is 10.7 Å². The molecular formula is C15H19Br2N4O+. The Morgan fingerprint density at radius 3 is 2.45 bits per heavy atom. The Balaban J connectivity index is 2.21. The van der Waals surface area contributed by atoms with Gasteiger partial charge in [0.25, 0.3) is 0 Å². The molecule has 2 rings (SSSR count). The van der Waals surface area contributed by atoms with Gasteiger partial charge in [0.05, 0.1) is 25.5 Å². The van der Waals surface area contributed by atoms with Crippen molar-refractivity contribution in [2.24, 2.45) is 10.2 Å². The molecular weight excluding hydrogens is 412 g/mol. The maximum absolute atomic E-state index is 9.30. The van der Waals surface area contributed by atoms with Gasteiger partial charge in [-0.1, -0.05) is 37.0 Å². The number of aromatic hydroxyl groups is 1. The van der Waals surface area contributed by atoms with Crippen LogP contribution in [0.5, 0.6) is 5.75 Å². The quantitative estimate of drug-likeness (QED) is 0.375. The second-order valence-corrected chi connectivity index (χ2v) is 6.37. The summed E-state index contributed by atoms with van der Waals surface area (Å²) in [4.78, 5) is 0. The van der Waals surface area contributed by atoms with Gasteiger partial charge in [-0.15, -0.1) is 0 Å². The molecule has 0 saturated carbocycles. The first-order valence-corrected chi connectivity index (χ1v) is 9.40. The SMILES string of the molecule is Oc1ccc(N=Nc2n(CCCBr)cc[n+]2CCCBr)cc1. The zero-order chi connectivity index (χ0) is 15.8. The molecule has 1 N–H and O–H groups in total. The molecule has 118 valence electrons. The summed E-state index contributed by atoms with van der Waals surface area (Å²) in [6, 6.07) is 6.70. The fraction of sp³-hybridized carbons (Fsp3) is 0.400. The van der Waals surface area contributed by atoms with Gasteiger partial charge in [0.2, 0.25) is 0 Å². The predicted octanol–water partition coefficient (Wildman–Crippen LogP) is 4.47. The van der Waals surface area contributed by atoms with E-state index in [4.69, 9.17) is 0 Å². The number of imidazole rings is 1. The minimum atomic E-state index is 0.229. The lowest BCUT2D eigenvalue weighted by Gasteiger charge is -1.99. The zero-order valence-electron chi connectivity index (χ0n) is 12.2. The van der Waals surface area contributed by atoms with Gasteiger partial charge in [-0.05, 0) is 37.1 Å². The summed E-state index contributed by atoms with van der Waals surface area (Å²) in [5.74, 6) is 1.07. The van der Waals surface area contributed by atoms with Crippen LogP contribution in [-0.2, 0) is 13.1 Å². The van der Waals surface area contributed by atoms with Crippen LogP contribution in [-0.4, -0.2) is 20.3 Å². The highest BCUT2D eigenvalue weighted by molar-refractivity contribution is 9.09. The van der Waals surface area contributed by atoms with Crippen molar-refractivity contribution in [3.63, 3.8) is 0 Å².